The monoisotopic (exact) mass is 399 g/mol. The summed E-state index contributed by atoms with van der Waals surface area (Å²) in [6, 6.07) is 10.4. The molecule has 1 aromatic carbocycles. The van der Waals surface area contributed by atoms with Gasteiger partial charge in [-0.15, -0.1) is 11.3 Å². The van der Waals surface area contributed by atoms with E-state index in [-0.39, 0.29) is 30.2 Å². The summed E-state index contributed by atoms with van der Waals surface area (Å²) < 4.78 is 52.2. The summed E-state index contributed by atoms with van der Waals surface area (Å²) in [5, 5.41) is 1.23. The van der Waals surface area contributed by atoms with Gasteiger partial charge in [0, 0.05) is 18.0 Å². The van der Waals surface area contributed by atoms with Crippen LogP contribution >= 0.6 is 11.3 Å². The first-order valence-corrected chi connectivity index (χ1v) is 12.2. The number of hydrogen-bond acceptors (Lipinski definition) is 5. The molecule has 2 aromatic rings. The maximum absolute atomic E-state index is 12.9. The first-order chi connectivity index (χ1) is 11.8. The van der Waals surface area contributed by atoms with E-state index in [0.717, 1.165) is 16.9 Å². The van der Waals surface area contributed by atoms with Crippen molar-refractivity contribution in [2.24, 2.45) is 0 Å². The van der Waals surface area contributed by atoms with Crippen LogP contribution in [0.5, 0.6) is 0 Å². The Morgan fingerprint density at radius 1 is 1.16 bits per heavy atom. The Balaban J connectivity index is 1.86. The van der Waals surface area contributed by atoms with Gasteiger partial charge in [-0.3, -0.25) is 0 Å². The summed E-state index contributed by atoms with van der Waals surface area (Å²) in [5.41, 5.74) is 1.06. The summed E-state index contributed by atoms with van der Waals surface area (Å²) in [6.07, 6.45) is 1.12. The summed E-state index contributed by atoms with van der Waals surface area (Å²) in [7, 11) is -7.05. The highest BCUT2D eigenvalue weighted by Crippen LogP contribution is 2.33. The number of aryl methyl sites for hydroxylation is 1. The number of hydrogen-bond donors (Lipinski definition) is 0. The van der Waals surface area contributed by atoms with Crippen LogP contribution in [0.15, 0.2) is 46.7 Å². The number of thiophene rings is 1. The van der Waals surface area contributed by atoms with Gasteiger partial charge in [0.2, 0.25) is 10.0 Å². The molecule has 1 aromatic heterocycles. The first kappa shape index (κ1) is 18.6. The van der Waals surface area contributed by atoms with Crippen LogP contribution in [0.25, 0.3) is 0 Å². The lowest BCUT2D eigenvalue weighted by molar-refractivity contribution is 0.428. The van der Waals surface area contributed by atoms with Gasteiger partial charge in [-0.05, 0) is 42.0 Å². The van der Waals surface area contributed by atoms with Crippen LogP contribution < -0.4 is 0 Å². The standard InChI is InChI=1S/C17H21NO4S3/c1-2-14-5-7-15(8-6-14)25(21,22)18-10-9-17(16-4-3-12-23-16)24(19,20)13-11-18/h3-8,12,17H,2,9-11,13H2,1H3. The van der Waals surface area contributed by atoms with Crippen LogP contribution in [-0.4, -0.2) is 40.0 Å². The Morgan fingerprint density at radius 2 is 1.88 bits per heavy atom. The second kappa shape index (κ2) is 7.19. The molecule has 0 amide bonds. The third-order valence-corrected chi connectivity index (χ3v) is 9.69. The van der Waals surface area contributed by atoms with Gasteiger partial charge < -0.3 is 0 Å². The minimum Gasteiger partial charge on any atom is -0.228 e. The fourth-order valence-electron chi connectivity index (χ4n) is 3.00. The molecule has 0 aliphatic carbocycles. The Hall–Kier alpha value is -1.22. The molecule has 1 aliphatic rings. The van der Waals surface area contributed by atoms with Gasteiger partial charge in [-0.1, -0.05) is 25.1 Å². The fraction of sp³-hybridized carbons (Fsp3) is 0.412. The van der Waals surface area contributed by atoms with E-state index in [2.05, 4.69) is 0 Å². The van der Waals surface area contributed by atoms with E-state index < -0.39 is 25.1 Å². The SMILES string of the molecule is CCc1ccc(S(=O)(=O)N2CCC(c3cccs3)S(=O)(=O)CC2)cc1. The largest absolute Gasteiger partial charge is 0.243 e. The summed E-state index contributed by atoms with van der Waals surface area (Å²) in [6.45, 7) is 2.22. The maximum Gasteiger partial charge on any atom is 0.243 e. The highest BCUT2D eigenvalue weighted by atomic mass is 32.2. The Bertz CT molecular complexity index is 917. The molecule has 0 radical (unpaired) electrons. The molecule has 0 saturated carbocycles. The number of nitrogens with zero attached hydrogens (tertiary/aromatic N) is 1. The zero-order valence-electron chi connectivity index (χ0n) is 14.0. The molecule has 136 valence electrons. The molecular formula is C17H21NO4S3. The highest BCUT2D eigenvalue weighted by molar-refractivity contribution is 7.92. The van der Waals surface area contributed by atoms with Crippen molar-refractivity contribution >= 4 is 31.2 Å². The average molecular weight is 400 g/mol. The van der Waals surface area contributed by atoms with Crippen LogP contribution in [0, 0.1) is 0 Å². The minimum absolute atomic E-state index is 0.00205. The van der Waals surface area contributed by atoms with Crippen LogP contribution in [0.1, 0.15) is 29.0 Å². The fourth-order valence-corrected chi connectivity index (χ4v) is 7.58. The molecule has 1 fully saturated rings. The van der Waals surface area contributed by atoms with Gasteiger partial charge >= 0.3 is 0 Å². The smallest absolute Gasteiger partial charge is 0.228 e. The second-order valence-corrected chi connectivity index (χ2v) is 11.3. The van der Waals surface area contributed by atoms with E-state index in [4.69, 9.17) is 0 Å². The van der Waals surface area contributed by atoms with E-state index in [1.807, 2.05) is 18.4 Å². The average Bonchev–Trinajstić information content (AvgIpc) is 3.06. The Kier molecular flexibility index (Phi) is 5.34. The molecule has 3 rings (SSSR count). The maximum atomic E-state index is 12.9. The topological polar surface area (TPSA) is 71.5 Å². The molecule has 1 saturated heterocycles. The van der Waals surface area contributed by atoms with Gasteiger partial charge in [0.1, 0.15) is 0 Å². The lowest BCUT2D eigenvalue weighted by Crippen LogP contribution is -2.33. The third kappa shape index (κ3) is 3.81. The van der Waals surface area contributed by atoms with Gasteiger partial charge in [0.05, 0.1) is 15.9 Å². The van der Waals surface area contributed by atoms with Crippen molar-refractivity contribution in [2.75, 3.05) is 18.8 Å². The molecule has 1 atom stereocenters. The van der Waals surface area contributed by atoms with Gasteiger partial charge in [-0.25, -0.2) is 16.8 Å². The molecule has 0 spiro atoms. The van der Waals surface area contributed by atoms with Crippen molar-refractivity contribution in [1.29, 1.82) is 0 Å². The Labute approximate surface area is 153 Å². The predicted molar refractivity (Wildman–Crippen MR) is 100 cm³/mol. The number of sulfonamides is 1. The zero-order chi connectivity index (χ0) is 18.1. The molecule has 25 heavy (non-hydrogen) atoms. The highest BCUT2D eigenvalue weighted by Gasteiger charge is 2.36. The van der Waals surface area contributed by atoms with Crippen molar-refractivity contribution in [3.63, 3.8) is 0 Å². The first-order valence-electron chi connectivity index (χ1n) is 8.18. The summed E-state index contributed by atoms with van der Waals surface area (Å²) >= 11 is 1.40. The lowest BCUT2D eigenvalue weighted by atomic mass is 10.2. The van der Waals surface area contributed by atoms with Crippen molar-refractivity contribution in [3.8, 4) is 0 Å². The normalized spacial score (nSPS) is 21.7. The molecule has 5 nitrogen and oxygen atoms in total. The predicted octanol–water partition coefficient (Wildman–Crippen LogP) is 2.86. The van der Waals surface area contributed by atoms with Gasteiger partial charge in [0.15, 0.2) is 9.84 Å². The van der Waals surface area contributed by atoms with E-state index in [1.54, 1.807) is 30.3 Å². The number of rotatable bonds is 4. The summed E-state index contributed by atoms with van der Waals surface area (Å²) in [4.78, 5) is 1.00. The summed E-state index contributed by atoms with van der Waals surface area (Å²) in [5.74, 6) is -0.151. The molecular weight excluding hydrogens is 378 g/mol. The van der Waals surface area contributed by atoms with Gasteiger partial charge in [-0.2, -0.15) is 4.31 Å². The number of sulfone groups is 1. The lowest BCUT2D eigenvalue weighted by Gasteiger charge is -2.19. The van der Waals surface area contributed by atoms with Crippen molar-refractivity contribution in [2.45, 2.75) is 29.9 Å². The van der Waals surface area contributed by atoms with Crippen LogP contribution in [-0.2, 0) is 26.3 Å². The van der Waals surface area contributed by atoms with Crippen LogP contribution in [0.3, 0.4) is 0 Å². The molecule has 0 N–H and O–H groups in total. The molecule has 8 heteroatoms. The molecule has 0 bridgehead atoms. The van der Waals surface area contributed by atoms with Crippen molar-refractivity contribution in [1.82, 2.24) is 4.31 Å². The molecule has 1 unspecified atom stereocenters. The second-order valence-electron chi connectivity index (χ2n) is 6.06. The Morgan fingerprint density at radius 3 is 2.48 bits per heavy atom. The molecule has 1 aliphatic heterocycles. The zero-order valence-corrected chi connectivity index (χ0v) is 16.4. The minimum atomic E-state index is -3.68. The van der Waals surface area contributed by atoms with Gasteiger partial charge in [0.25, 0.3) is 0 Å². The van der Waals surface area contributed by atoms with E-state index in [9.17, 15) is 16.8 Å². The van der Waals surface area contributed by atoms with E-state index >= 15 is 0 Å². The van der Waals surface area contributed by atoms with Crippen molar-refractivity contribution < 1.29 is 16.8 Å². The van der Waals surface area contributed by atoms with Crippen molar-refractivity contribution in [3.05, 3.63) is 52.2 Å². The van der Waals surface area contributed by atoms with E-state index in [0.29, 0.717) is 0 Å². The van der Waals surface area contributed by atoms with E-state index in [1.165, 1.54) is 15.6 Å². The third-order valence-electron chi connectivity index (χ3n) is 4.53. The van der Waals surface area contributed by atoms with Crippen LogP contribution in [0.4, 0.5) is 0 Å². The quantitative estimate of drug-likeness (QED) is 0.793. The number of benzene rings is 1. The molecule has 2 heterocycles. The van der Waals surface area contributed by atoms with Crippen LogP contribution in [0.2, 0.25) is 0 Å².